The second-order valence-corrected chi connectivity index (χ2v) is 11.0. The number of sulfonamides is 1. The lowest BCUT2D eigenvalue weighted by Gasteiger charge is -2.33. The number of amides is 2. The number of nitrogens with one attached hydrogen (secondary N) is 1. The normalized spacial score (nSPS) is 12.0. The van der Waals surface area contributed by atoms with Gasteiger partial charge in [-0.05, 0) is 69.2 Å². The van der Waals surface area contributed by atoms with E-state index in [2.05, 4.69) is 5.32 Å². The van der Waals surface area contributed by atoms with Crippen molar-refractivity contribution in [2.45, 2.75) is 51.6 Å². The molecule has 202 valence electrons. The molecule has 0 spiro atoms. The molecule has 7 nitrogen and oxygen atoms in total. The number of anilines is 1. The van der Waals surface area contributed by atoms with Crippen molar-refractivity contribution in [3.05, 3.63) is 95.3 Å². The van der Waals surface area contributed by atoms with E-state index < -0.39 is 34.3 Å². The van der Waals surface area contributed by atoms with Gasteiger partial charge in [-0.2, -0.15) is 0 Å². The van der Waals surface area contributed by atoms with Crippen LogP contribution in [0.3, 0.4) is 0 Å². The van der Waals surface area contributed by atoms with E-state index in [0.717, 1.165) is 33.1 Å². The Morgan fingerprint density at radius 3 is 1.95 bits per heavy atom. The van der Waals surface area contributed by atoms with Crippen molar-refractivity contribution < 1.29 is 22.4 Å². The van der Waals surface area contributed by atoms with Gasteiger partial charge in [0.1, 0.15) is 18.4 Å². The molecule has 9 heteroatoms. The Bertz CT molecular complexity index is 1340. The van der Waals surface area contributed by atoms with Gasteiger partial charge in [-0.3, -0.25) is 13.9 Å². The van der Waals surface area contributed by atoms with Crippen LogP contribution in [0.4, 0.5) is 10.1 Å². The summed E-state index contributed by atoms with van der Waals surface area (Å²) in [5.74, 6) is -1.40. The highest BCUT2D eigenvalue weighted by molar-refractivity contribution is 7.92. The number of likely N-dealkylation sites (N-methyl/N-ethyl adjacent to an activating group) is 1. The summed E-state index contributed by atoms with van der Waals surface area (Å²) in [5, 5.41) is 2.77. The van der Waals surface area contributed by atoms with Gasteiger partial charge in [0.15, 0.2) is 0 Å². The summed E-state index contributed by atoms with van der Waals surface area (Å²) >= 11 is 0. The lowest BCUT2D eigenvalue weighted by atomic mass is 10.1. The lowest BCUT2D eigenvalue weighted by Crippen LogP contribution is -2.52. The SMILES string of the molecule is CCNC(=O)[C@@H](CC)N(Cc1ccc(C)cc1)C(=O)CN(c1ccc(F)cc1)S(=O)(=O)c1ccc(C)cc1. The van der Waals surface area contributed by atoms with Gasteiger partial charge < -0.3 is 10.2 Å². The summed E-state index contributed by atoms with van der Waals surface area (Å²) in [6, 6.07) is 18.0. The molecule has 3 aromatic carbocycles. The predicted octanol–water partition coefficient (Wildman–Crippen LogP) is 4.58. The lowest BCUT2D eigenvalue weighted by molar-refractivity contribution is -0.140. The molecule has 0 heterocycles. The zero-order valence-electron chi connectivity index (χ0n) is 22.1. The number of benzene rings is 3. The maximum atomic E-state index is 13.9. The second-order valence-electron chi connectivity index (χ2n) is 9.13. The first-order valence-electron chi connectivity index (χ1n) is 12.5. The van der Waals surface area contributed by atoms with Crippen LogP contribution in [0.1, 0.15) is 37.0 Å². The smallest absolute Gasteiger partial charge is 0.264 e. The third-order valence-corrected chi connectivity index (χ3v) is 8.00. The molecule has 0 aliphatic rings. The fraction of sp³-hybridized carbons (Fsp3) is 0.310. The molecular weight excluding hydrogens is 505 g/mol. The van der Waals surface area contributed by atoms with Crippen LogP contribution in [0.25, 0.3) is 0 Å². The standard InChI is InChI=1S/C29H34FN3O4S/c1-5-27(29(35)31-6-2)32(19-23-11-7-21(3)8-12-23)28(34)20-33(25-15-13-24(30)14-16-25)38(36,37)26-17-9-22(4)10-18-26/h7-18,27H,5-6,19-20H2,1-4H3,(H,31,35)/t27-/m1/s1. The maximum absolute atomic E-state index is 13.9. The molecule has 0 aromatic heterocycles. The van der Waals surface area contributed by atoms with Crippen LogP contribution in [0.5, 0.6) is 0 Å². The number of carbonyl (C=O) groups is 2. The fourth-order valence-corrected chi connectivity index (χ4v) is 5.49. The first kappa shape index (κ1) is 28.8. The van der Waals surface area contributed by atoms with E-state index in [1.807, 2.05) is 38.1 Å². The van der Waals surface area contributed by atoms with Gasteiger partial charge in [0.25, 0.3) is 10.0 Å². The summed E-state index contributed by atoms with van der Waals surface area (Å²) in [5.41, 5.74) is 2.88. The molecule has 2 amide bonds. The van der Waals surface area contributed by atoms with Crippen LogP contribution < -0.4 is 9.62 Å². The Kier molecular flexibility index (Phi) is 9.63. The number of nitrogens with zero attached hydrogens (tertiary/aromatic N) is 2. The van der Waals surface area contributed by atoms with E-state index in [4.69, 9.17) is 0 Å². The van der Waals surface area contributed by atoms with Gasteiger partial charge in [-0.1, -0.05) is 54.4 Å². The van der Waals surface area contributed by atoms with E-state index >= 15 is 0 Å². The van der Waals surface area contributed by atoms with Gasteiger partial charge in [-0.25, -0.2) is 12.8 Å². The quantitative estimate of drug-likeness (QED) is 0.387. The molecule has 1 N–H and O–H groups in total. The summed E-state index contributed by atoms with van der Waals surface area (Å²) in [7, 11) is -4.19. The number of halogens is 1. The van der Waals surface area contributed by atoms with Gasteiger partial charge >= 0.3 is 0 Å². The Labute approximate surface area is 224 Å². The van der Waals surface area contributed by atoms with Crippen LogP contribution in [-0.4, -0.2) is 44.3 Å². The first-order chi connectivity index (χ1) is 18.1. The van der Waals surface area contributed by atoms with E-state index in [1.54, 1.807) is 26.0 Å². The zero-order valence-corrected chi connectivity index (χ0v) is 23.0. The minimum atomic E-state index is -4.19. The van der Waals surface area contributed by atoms with E-state index in [1.165, 1.54) is 29.2 Å². The topological polar surface area (TPSA) is 86.8 Å². The van der Waals surface area contributed by atoms with Gasteiger partial charge in [-0.15, -0.1) is 0 Å². The first-order valence-corrected chi connectivity index (χ1v) is 14.0. The molecule has 38 heavy (non-hydrogen) atoms. The molecule has 0 radical (unpaired) electrons. The van der Waals surface area contributed by atoms with Crippen molar-refractivity contribution in [2.75, 3.05) is 17.4 Å². The summed E-state index contributed by atoms with van der Waals surface area (Å²) < 4.78 is 42.1. The molecule has 0 aliphatic heterocycles. The monoisotopic (exact) mass is 539 g/mol. The average molecular weight is 540 g/mol. The zero-order chi connectivity index (χ0) is 27.9. The van der Waals surface area contributed by atoms with Crippen LogP contribution in [-0.2, 0) is 26.2 Å². The molecule has 0 bridgehead atoms. The Morgan fingerprint density at radius 1 is 0.868 bits per heavy atom. The van der Waals surface area contributed by atoms with Crippen molar-refractivity contribution in [3.8, 4) is 0 Å². The minimum absolute atomic E-state index is 0.000997. The second kappa shape index (κ2) is 12.7. The van der Waals surface area contributed by atoms with Crippen LogP contribution >= 0.6 is 0 Å². The Balaban J connectivity index is 2.04. The van der Waals surface area contributed by atoms with E-state index in [-0.39, 0.29) is 23.0 Å². The van der Waals surface area contributed by atoms with Crippen molar-refractivity contribution in [1.29, 1.82) is 0 Å². The van der Waals surface area contributed by atoms with Crippen LogP contribution in [0, 0.1) is 19.7 Å². The predicted molar refractivity (Wildman–Crippen MR) is 147 cm³/mol. The molecule has 0 aliphatic carbocycles. The van der Waals surface area contributed by atoms with Crippen molar-refractivity contribution in [2.24, 2.45) is 0 Å². The van der Waals surface area contributed by atoms with Crippen LogP contribution in [0.15, 0.2) is 77.7 Å². The Morgan fingerprint density at radius 2 is 1.42 bits per heavy atom. The number of hydrogen-bond acceptors (Lipinski definition) is 4. The van der Waals surface area contributed by atoms with E-state index in [9.17, 15) is 22.4 Å². The third kappa shape index (κ3) is 6.98. The van der Waals surface area contributed by atoms with Gasteiger partial charge in [0, 0.05) is 13.1 Å². The highest BCUT2D eigenvalue weighted by atomic mass is 32.2. The largest absolute Gasteiger partial charge is 0.355 e. The maximum Gasteiger partial charge on any atom is 0.264 e. The number of hydrogen-bond donors (Lipinski definition) is 1. The highest BCUT2D eigenvalue weighted by Crippen LogP contribution is 2.25. The summed E-state index contributed by atoms with van der Waals surface area (Å²) in [6.07, 6.45) is 0.338. The molecule has 0 unspecified atom stereocenters. The molecule has 3 rings (SSSR count). The van der Waals surface area contributed by atoms with Gasteiger partial charge in [0.2, 0.25) is 11.8 Å². The summed E-state index contributed by atoms with van der Waals surface area (Å²) in [6.45, 7) is 7.34. The van der Waals surface area contributed by atoms with Crippen molar-refractivity contribution in [1.82, 2.24) is 10.2 Å². The number of carbonyl (C=O) groups excluding carboxylic acids is 2. The molecule has 1 atom stereocenters. The van der Waals surface area contributed by atoms with Gasteiger partial charge in [0.05, 0.1) is 10.6 Å². The summed E-state index contributed by atoms with van der Waals surface area (Å²) in [4.78, 5) is 28.2. The van der Waals surface area contributed by atoms with Crippen molar-refractivity contribution >= 4 is 27.5 Å². The Hall–Kier alpha value is -3.72. The third-order valence-electron chi connectivity index (χ3n) is 6.21. The minimum Gasteiger partial charge on any atom is -0.355 e. The molecule has 0 saturated heterocycles. The van der Waals surface area contributed by atoms with E-state index in [0.29, 0.717) is 13.0 Å². The van der Waals surface area contributed by atoms with Crippen LogP contribution in [0.2, 0.25) is 0 Å². The molecular formula is C29H34FN3O4S. The molecule has 0 fully saturated rings. The van der Waals surface area contributed by atoms with Crippen molar-refractivity contribution in [3.63, 3.8) is 0 Å². The number of rotatable bonds is 11. The number of aryl methyl sites for hydroxylation is 2. The highest BCUT2D eigenvalue weighted by Gasteiger charge is 2.33. The molecule has 3 aromatic rings. The fourth-order valence-electron chi connectivity index (χ4n) is 4.08. The molecule has 0 saturated carbocycles. The average Bonchev–Trinajstić information content (AvgIpc) is 2.89.